The van der Waals surface area contributed by atoms with Crippen molar-refractivity contribution in [2.24, 2.45) is 5.41 Å². The third-order valence-corrected chi connectivity index (χ3v) is 18.6. The molecule has 1 saturated carbocycles. The van der Waals surface area contributed by atoms with Crippen molar-refractivity contribution in [3.05, 3.63) is 27.7 Å². The second-order valence-corrected chi connectivity index (χ2v) is 24.1. The smallest absolute Gasteiger partial charge is 0.341 e. The molecule has 1 heterocycles. The van der Waals surface area contributed by atoms with Crippen molar-refractivity contribution in [3.63, 3.8) is 0 Å². The summed E-state index contributed by atoms with van der Waals surface area (Å²) in [6, 6.07) is 3.89. The van der Waals surface area contributed by atoms with E-state index in [4.69, 9.17) is 18.3 Å². The highest BCUT2D eigenvalue weighted by atomic mass is 79.9. The quantitative estimate of drug-likeness (QED) is 0.251. The number of benzene rings is 1. The van der Waals surface area contributed by atoms with Crippen LogP contribution in [0.4, 0.5) is 0 Å². The van der Waals surface area contributed by atoms with Gasteiger partial charge in [-0.25, -0.2) is 4.79 Å². The van der Waals surface area contributed by atoms with E-state index in [1.807, 2.05) is 0 Å². The van der Waals surface area contributed by atoms with E-state index in [2.05, 4.69) is 96.7 Å². The van der Waals surface area contributed by atoms with E-state index in [-0.39, 0.29) is 39.6 Å². The van der Waals surface area contributed by atoms with Crippen LogP contribution in [0.5, 0.6) is 5.75 Å². The van der Waals surface area contributed by atoms with Crippen molar-refractivity contribution in [1.82, 2.24) is 0 Å². The van der Waals surface area contributed by atoms with Crippen LogP contribution in [0.15, 0.2) is 16.6 Å². The summed E-state index contributed by atoms with van der Waals surface area (Å²) in [5.41, 5.74) is 1.23. The van der Waals surface area contributed by atoms with Crippen LogP contribution < -0.4 is 4.74 Å². The zero-order valence-electron chi connectivity index (χ0n) is 23.7. The minimum atomic E-state index is -2.04. The molecular formula is C27H45BrO5Si2. The molecule has 8 heteroatoms. The monoisotopic (exact) mass is 584 g/mol. The fourth-order valence-corrected chi connectivity index (χ4v) is 7.76. The Hall–Kier alpha value is -0.676. The van der Waals surface area contributed by atoms with Crippen molar-refractivity contribution < 1.29 is 23.1 Å². The number of ether oxygens (including phenoxy) is 2. The minimum Gasteiger partial charge on any atom is -0.488 e. The van der Waals surface area contributed by atoms with Gasteiger partial charge in [-0.3, -0.25) is 0 Å². The predicted molar refractivity (Wildman–Crippen MR) is 151 cm³/mol. The lowest BCUT2D eigenvalue weighted by atomic mass is 9.75. The molecule has 1 aliphatic heterocycles. The van der Waals surface area contributed by atoms with Gasteiger partial charge < -0.3 is 18.3 Å². The Labute approximate surface area is 223 Å². The lowest BCUT2D eigenvalue weighted by Crippen LogP contribution is -2.51. The molecule has 0 bridgehead atoms. The standard InChI is InChI=1S/C27H45BrO5Si2/c1-25(2,3)34(9,10)31-16-27(7)21(33-35(11,12)26(4,5)6)15-20-22(27)18-13-17(28)14-19(23(18)32-20)24(29)30-8/h13-14,20-22H,15-16H2,1-12H3/t20-,21+,22-,27-/m0/s1. The Morgan fingerprint density at radius 2 is 1.66 bits per heavy atom. The van der Waals surface area contributed by atoms with E-state index in [1.54, 1.807) is 6.07 Å². The number of fused-ring (bicyclic) bond motifs is 3. The largest absolute Gasteiger partial charge is 0.488 e. The first kappa shape index (κ1) is 28.9. The van der Waals surface area contributed by atoms with Gasteiger partial charge in [0.05, 0.1) is 13.2 Å². The Bertz CT molecular complexity index is 979. The average molecular weight is 586 g/mol. The van der Waals surface area contributed by atoms with E-state index in [0.717, 1.165) is 16.5 Å². The summed E-state index contributed by atoms with van der Waals surface area (Å²) in [5, 5.41) is 0.216. The van der Waals surface area contributed by atoms with Crippen LogP contribution in [0.2, 0.25) is 36.3 Å². The highest BCUT2D eigenvalue weighted by Gasteiger charge is 2.60. The molecule has 0 radical (unpaired) electrons. The van der Waals surface area contributed by atoms with Gasteiger partial charge in [-0.1, -0.05) is 64.4 Å². The van der Waals surface area contributed by atoms with E-state index in [9.17, 15) is 4.79 Å². The molecule has 35 heavy (non-hydrogen) atoms. The molecule has 1 aromatic rings. The predicted octanol–water partition coefficient (Wildman–Crippen LogP) is 7.90. The van der Waals surface area contributed by atoms with Gasteiger partial charge in [-0.05, 0) is 48.4 Å². The van der Waals surface area contributed by atoms with Crippen molar-refractivity contribution in [2.45, 2.75) is 109 Å². The van der Waals surface area contributed by atoms with Crippen molar-refractivity contribution in [3.8, 4) is 5.75 Å². The summed E-state index contributed by atoms with van der Waals surface area (Å²) in [6.45, 7) is 25.8. The van der Waals surface area contributed by atoms with Crippen LogP contribution in [0.25, 0.3) is 0 Å². The highest BCUT2D eigenvalue weighted by molar-refractivity contribution is 9.10. The van der Waals surface area contributed by atoms with Crippen molar-refractivity contribution >= 4 is 38.5 Å². The number of halogens is 1. The Morgan fingerprint density at radius 3 is 2.17 bits per heavy atom. The third kappa shape index (κ3) is 5.20. The topological polar surface area (TPSA) is 54.0 Å². The highest BCUT2D eigenvalue weighted by Crippen LogP contribution is 2.60. The lowest BCUT2D eigenvalue weighted by molar-refractivity contribution is 0.0218. The van der Waals surface area contributed by atoms with Gasteiger partial charge in [0.2, 0.25) is 0 Å². The van der Waals surface area contributed by atoms with Crippen LogP contribution in [0, 0.1) is 5.41 Å². The van der Waals surface area contributed by atoms with Gasteiger partial charge in [-0.2, -0.15) is 0 Å². The number of methoxy groups -OCH3 is 1. The van der Waals surface area contributed by atoms with Gasteiger partial charge in [0.1, 0.15) is 17.4 Å². The maximum absolute atomic E-state index is 12.6. The first-order chi connectivity index (χ1) is 15.7. The molecule has 198 valence electrons. The Kier molecular flexibility index (Phi) is 7.64. The van der Waals surface area contributed by atoms with Gasteiger partial charge in [0, 0.05) is 34.4 Å². The number of carbonyl (C=O) groups is 1. The molecule has 0 aromatic heterocycles. The zero-order valence-corrected chi connectivity index (χ0v) is 27.3. The molecule has 0 spiro atoms. The Morgan fingerprint density at radius 1 is 1.09 bits per heavy atom. The zero-order chi connectivity index (χ0) is 26.8. The summed E-state index contributed by atoms with van der Waals surface area (Å²) in [7, 11) is -2.62. The molecular weight excluding hydrogens is 540 g/mol. The number of hydrogen-bond donors (Lipinski definition) is 0. The van der Waals surface area contributed by atoms with E-state index in [0.29, 0.717) is 17.9 Å². The fraction of sp³-hybridized carbons (Fsp3) is 0.741. The van der Waals surface area contributed by atoms with Gasteiger partial charge in [0.15, 0.2) is 16.6 Å². The van der Waals surface area contributed by atoms with Crippen molar-refractivity contribution in [1.29, 1.82) is 0 Å². The third-order valence-electron chi connectivity index (χ3n) is 9.15. The lowest BCUT2D eigenvalue weighted by Gasteiger charge is -2.46. The summed E-state index contributed by atoms with van der Waals surface area (Å²) in [6.07, 6.45) is 0.726. The van der Waals surface area contributed by atoms with Crippen LogP contribution in [-0.4, -0.2) is 48.5 Å². The minimum absolute atomic E-state index is 0.0110. The fourth-order valence-electron chi connectivity index (χ4n) is 4.75. The van der Waals surface area contributed by atoms with Crippen molar-refractivity contribution in [2.75, 3.05) is 13.7 Å². The van der Waals surface area contributed by atoms with E-state index < -0.39 is 16.6 Å². The van der Waals surface area contributed by atoms with Gasteiger partial charge in [-0.15, -0.1) is 0 Å². The van der Waals surface area contributed by atoms with Gasteiger partial charge >= 0.3 is 5.97 Å². The molecule has 1 fully saturated rings. The second-order valence-electron chi connectivity index (χ2n) is 13.7. The number of rotatable bonds is 6. The Balaban J connectivity index is 2.08. The normalized spacial score (nSPS) is 26.8. The van der Waals surface area contributed by atoms with Crippen LogP contribution in [0.1, 0.15) is 76.7 Å². The van der Waals surface area contributed by atoms with Crippen LogP contribution in [-0.2, 0) is 13.6 Å². The molecule has 3 rings (SSSR count). The number of carbonyl (C=O) groups excluding carboxylic acids is 1. The van der Waals surface area contributed by atoms with Gasteiger partial charge in [0.25, 0.3) is 0 Å². The summed E-state index contributed by atoms with van der Waals surface area (Å²) >= 11 is 3.62. The second kappa shape index (κ2) is 9.26. The summed E-state index contributed by atoms with van der Waals surface area (Å²) < 4.78 is 26.4. The average Bonchev–Trinajstić information content (AvgIpc) is 3.18. The molecule has 0 unspecified atom stereocenters. The molecule has 5 nitrogen and oxygen atoms in total. The number of esters is 1. The molecule has 4 atom stereocenters. The maximum Gasteiger partial charge on any atom is 0.341 e. The van der Waals surface area contributed by atoms with Crippen LogP contribution in [0.3, 0.4) is 0 Å². The number of hydrogen-bond acceptors (Lipinski definition) is 5. The van der Waals surface area contributed by atoms with E-state index in [1.165, 1.54) is 7.11 Å². The summed E-state index contributed by atoms with van der Waals surface area (Å²) in [4.78, 5) is 12.6. The molecule has 1 aromatic carbocycles. The molecule has 0 amide bonds. The molecule has 1 aliphatic carbocycles. The summed E-state index contributed by atoms with van der Waals surface area (Å²) in [5.74, 6) is 0.341. The molecule has 2 aliphatic rings. The SMILES string of the molecule is COC(=O)c1cc(Br)cc2c1O[C@H]1C[C@@H](O[Si](C)(C)C(C)(C)C)[C@](C)(CO[Si](C)(C)C(C)(C)C)[C@@H]21. The first-order valence-corrected chi connectivity index (χ1v) is 19.3. The van der Waals surface area contributed by atoms with E-state index >= 15 is 0 Å². The molecule has 0 N–H and O–H groups in total. The first-order valence-electron chi connectivity index (χ1n) is 12.7. The maximum atomic E-state index is 12.6. The van der Waals surface area contributed by atoms with Crippen LogP contribution >= 0.6 is 15.9 Å². The molecule has 0 saturated heterocycles.